The Labute approximate surface area is 164 Å². The fraction of sp³-hybridized carbons (Fsp3) is 0.294. The number of para-hydroxylation sites is 1. The van der Waals surface area contributed by atoms with E-state index >= 15 is 0 Å². The quantitative estimate of drug-likeness (QED) is 0.767. The molecule has 112 valence electrons. The van der Waals surface area contributed by atoms with E-state index in [2.05, 4.69) is 60.3 Å². The first-order valence-electron chi connectivity index (χ1n) is 7.14. The average molecular weight is 343 g/mol. The van der Waals surface area contributed by atoms with Crippen LogP contribution in [0.2, 0.25) is 5.02 Å². The second kappa shape index (κ2) is 8.09. The summed E-state index contributed by atoms with van der Waals surface area (Å²) in [6, 6.07) is 14.8. The zero-order valence-corrected chi connectivity index (χ0v) is 13.9. The Morgan fingerprint density at radius 1 is 1.05 bits per heavy atom. The first-order valence-corrected chi connectivity index (χ1v) is 8.33. The third-order valence-electron chi connectivity index (χ3n) is 3.57. The molecule has 0 amide bonds. The third kappa shape index (κ3) is 4.02. The molecule has 0 bridgehead atoms. The van der Waals surface area contributed by atoms with E-state index in [1.165, 1.54) is 21.2 Å². The van der Waals surface area contributed by atoms with Crippen LogP contribution in [-0.2, 0) is 0 Å². The van der Waals surface area contributed by atoms with Gasteiger partial charge in [0.05, 0.1) is 11.4 Å². The summed E-state index contributed by atoms with van der Waals surface area (Å²) in [6.07, 6.45) is 1.12. The van der Waals surface area contributed by atoms with Gasteiger partial charge in [-0.3, -0.25) is 0 Å². The van der Waals surface area contributed by atoms with Crippen LogP contribution in [0.25, 0.3) is 0 Å². The summed E-state index contributed by atoms with van der Waals surface area (Å²) in [4.78, 5) is 7.22. The van der Waals surface area contributed by atoms with Crippen molar-refractivity contribution >= 4 is 64.3 Å². The minimum absolute atomic E-state index is 0. The molecule has 0 aliphatic carbocycles. The molecular weight excluding hydrogens is 323 g/mol. The fourth-order valence-corrected chi connectivity index (χ4v) is 3.83. The molecule has 2 aromatic rings. The van der Waals surface area contributed by atoms with Crippen LogP contribution < -0.4 is 4.90 Å². The van der Waals surface area contributed by atoms with Gasteiger partial charge in [0, 0.05) is 21.4 Å². The van der Waals surface area contributed by atoms with Crippen molar-refractivity contribution in [2.24, 2.45) is 0 Å². The van der Waals surface area contributed by atoms with E-state index in [1.54, 1.807) is 0 Å². The van der Waals surface area contributed by atoms with Gasteiger partial charge in [0.1, 0.15) is 0 Å². The molecule has 1 aliphatic rings. The number of nitrogens with zero attached hydrogens (tertiary/aromatic N) is 2. The van der Waals surface area contributed by atoms with Gasteiger partial charge in [-0.1, -0.05) is 35.5 Å². The van der Waals surface area contributed by atoms with Gasteiger partial charge in [0.25, 0.3) is 0 Å². The zero-order valence-electron chi connectivity index (χ0n) is 12.3. The van der Waals surface area contributed by atoms with Crippen LogP contribution in [0.4, 0.5) is 11.4 Å². The van der Waals surface area contributed by atoms with Crippen molar-refractivity contribution in [2.75, 3.05) is 32.1 Å². The number of anilines is 2. The summed E-state index contributed by atoms with van der Waals surface area (Å²) in [6.45, 7) is 2.09. The standard InChI is InChI=1S/C17H19ClN2S.Na.H/c1-19(2)10-5-11-20-14-6-3-4-7-16(14)21-17-9-8-13(18)12-15(17)20;;/h3-4,6-9,12H,5,10-11H2,1-2H3;;. The van der Waals surface area contributed by atoms with Gasteiger partial charge < -0.3 is 9.80 Å². The summed E-state index contributed by atoms with van der Waals surface area (Å²) in [5.41, 5.74) is 2.51. The molecule has 2 aromatic carbocycles. The van der Waals surface area contributed by atoms with E-state index in [9.17, 15) is 0 Å². The Hall–Kier alpha value is -0.160. The molecular formula is C17H20ClN2NaS. The minimum atomic E-state index is 0. The van der Waals surface area contributed by atoms with Crippen molar-refractivity contribution in [3.8, 4) is 0 Å². The van der Waals surface area contributed by atoms with E-state index in [0.717, 1.165) is 24.5 Å². The van der Waals surface area contributed by atoms with Crippen molar-refractivity contribution < 1.29 is 0 Å². The van der Waals surface area contributed by atoms with Crippen molar-refractivity contribution in [3.63, 3.8) is 0 Å². The predicted molar refractivity (Wildman–Crippen MR) is 99.3 cm³/mol. The summed E-state index contributed by atoms with van der Waals surface area (Å²) in [5, 5.41) is 0.798. The van der Waals surface area contributed by atoms with Gasteiger partial charge in [-0.05, 0) is 57.4 Å². The molecule has 0 radical (unpaired) electrons. The molecule has 0 atom stereocenters. The first kappa shape index (κ1) is 18.2. The first-order chi connectivity index (χ1) is 10.1. The Morgan fingerprint density at radius 3 is 2.55 bits per heavy atom. The number of benzene rings is 2. The third-order valence-corrected chi connectivity index (χ3v) is 4.94. The predicted octanol–water partition coefficient (Wildman–Crippen LogP) is 4.25. The topological polar surface area (TPSA) is 6.48 Å². The maximum absolute atomic E-state index is 6.21. The maximum atomic E-state index is 6.21. The van der Waals surface area contributed by atoms with E-state index in [4.69, 9.17) is 11.6 Å². The molecule has 0 saturated carbocycles. The van der Waals surface area contributed by atoms with Crippen molar-refractivity contribution in [2.45, 2.75) is 16.2 Å². The second-order valence-corrected chi connectivity index (χ2v) is 7.01. The number of fused-ring (bicyclic) bond motifs is 2. The number of rotatable bonds is 4. The van der Waals surface area contributed by atoms with Gasteiger partial charge in [0.2, 0.25) is 0 Å². The number of hydrogen-bond donors (Lipinski definition) is 0. The van der Waals surface area contributed by atoms with Gasteiger partial charge in [-0.25, -0.2) is 0 Å². The Kier molecular flexibility index (Phi) is 6.69. The van der Waals surface area contributed by atoms with Gasteiger partial charge in [-0.2, -0.15) is 0 Å². The molecule has 22 heavy (non-hydrogen) atoms. The van der Waals surface area contributed by atoms with E-state index in [1.807, 2.05) is 17.8 Å². The molecule has 0 fully saturated rings. The van der Waals surface area contributed by atoms with E-state index in [-0.39, 0.29) is 29.6 Å². The van der Waals surface area contributed by atoms with Crippen molar-refractivity contribution in [3.05, 3.63) is 47.5 Å². The van der Waals surface area contributed by atoms with Gasteiger partial charge in [0.15, 0.2) is 0 Å². The van der Waals surface area contributed by atoms with Crippen LogP contribution in [0.3, 0.4) is 0 Å². The molecule has 0 spiro atoms. The average Bonchev–Trinajstić information content (AvgIpc) is 2.46. The second-order valence-electron chi connectivity index (χ2n) is 5.49. The molecule has 0 aromatic heterocycles. The zero-order chi connectivity index (χ0) is 14.8. The van der Waals surface area contributed by atoms with Gasteiger partial charge >= 0.3 is 29.6 Å². The Morgan fingerprint density at radius 2 is 1.77 bits per heavy atom. The molecule has 0 N–H and O–H groups in total. The number of hydrogen-bond acceptors (Lipinski definition) is 3. The van der Waals surface area contributed by atoms with Gasteiger partial charge in [-0.15, -0.1) is 0 Å². The molecule has 3 rings (SSSR count). The van der Waals surface area contributed by atoms with E-state index < -0.39 is 0 Å². The van der Waals surface area contributed by atoms with Crippen LogP contribution in [0.15, 0.2) is 52.3 Å². The van der Waals surface area contributed by atoms with Crippen LogP contribution in [0.5, 0.6) is 0 Å². The van der Waals surface area contributed by atoms with Crippen molar-refractivity contribution in [1.29, 1.82) is 0 Å². The summed E-state index contributed by atoms with van der Waals surface area (Å²) < 4.78 is 0. The molecule has 0 unspecified atom stereocenters. The van der Waals surface area contributed by atoms with Crippen LogP contribution in [0.1, 0.15) is 6.42 Å². The molecule has 1 heterocycles. The van der Waals surface area contributed by atoms with Crippen LogP contribution in [0, 0.1) is 0 Å². The normalized spacial score (nSPS) is 12.6. The van der Waals surface area contributed by atoms with Crippen LogP contribution in [-0.4, -0.2) is 61.6 Å². The summed E-state index contributed by atoms with van der Waals surface area (Å²) in [5.74, 6) is 0. The monoisotopic (exact) mass is 342 g/mol. The SMILES string of the molecule is CN(C)CCCN1c2ccccc2Sc2ccc(Cl)cc21.[NaH]. The molecule has 2 nitrogen and oxygen atoms in total. The Balaban J connectivity index is 0.00000176. The fourth-order valence-electron chi connectivity index (χ4n) is 2.59. The van der Waals surface area contributed by atoms with Crippen molar-refractivity contribution in [1.82, 2.24) is 4.90 Å². The van der Waals surface area contributed by atoms with Crippen LogP contribution >= 0.6 is 23.4 Å². The number of halogens is 1. The molecule has 5 heteroatoms. The summed E-state index contributed by atoms with van der Waals surface area (Å²) in [7, 11) is 4.23. The molecule has 0 saturated heterocycles. The Bertz CT molecular complexity index is 648. The summed E-state index contributed by atoms with van der Waals surface area (Å²) >= 11 is 8.03. The molecule has 1 aliphatic heterocycles. The van der Waals surface area contributed by atoms with E-state index in [0.29, 0.717) is 0 Å².